The van der Waals surface area contributed by atoms with Gasteiger partial charge in [0, 0.05) is 0 Å². The van der Waals surface area contributed by atoms with E-state index < -0.39 is 126 Å². The maximum atomic E-state index is 14.5. The number of esters is 1. The van der Waals surface area contributed by atoms with Crippen molar-refractivity contribution in [3.8, 4) is 11.5 Å². The van der Waals surface area contributed by atoms with Crippen molar-refractivity contribution in [2.24, 2.45) is 5.92 Å². The number of carbonyl (C=O) groups is 9. The van der Waals surface area contributed by atoms with Gasteiger partial charge in [0.05, 0.1) is 18.7 Å². The molecule has 4 rings (SSSR count). The number of rotatable bonds is 27. The van der Waals surface area contributed by atoms with E-state index in [4.69, 9.17) is 4.74 Å². The molecular weight excluding hydrogens is 989 g/mol. The second kappa shape index (κ2) is 29.4. The molecule has 23 nitrogen and oxygen atoms in total. The van der Waals surface area contributed by atoms with Gasteiger partial charge < -0.3 is 77.2 Å². The molecule has 23 heteroatoms. The highest BCUT2D eigenvalue weighted by Gasteiger charge is 2.41. The molecule has 0 aromatic heterocycles. The zero-order chi connectivity index (χ0) is 56.2. The summed E-state index contributed by atoms with van der Waals surface area (Å²) in [6, 6.07) is 11.6. The molecule has 1 fully saturated rings. The van der Waals surface area contributed by atoms with Crippen molar-refractivity contribution in [1.29, 1.82) is 0 Å². The number of aromatic hydroxyl groups is 2. The molecule has 1 aliphatic rings. The Balaban J connectivity index is 1.63. The van der Waals surface area contributed by atoms with Crippen LogP contribution in [0.3, 0.4) is 0 Å². The molecule has 10 unspecified atom stereocenters. The van der Waals surface area contributed by atoms with Crippen LogP contribution >= 0.6 is 0 Å². The first-order valence-corrected chi connectivity index (χ1v) is 24.8. The molecule has 12 N–H and O–H groups in total. The van der Waals surface area contributed by atoms with Gasteiger partial charge in [0.2, 0.25) is 23.6 Å². The number of aliphatic hydroxyl groups is 3. The molecule has 412 valence electrons. The van der Waals surface area contributed by atoms with Gasteiger partial charge in [0.1, 0.15) is 66.0 Å². The molecule has 0 radical (unpaired) electrons. The molecule has 1 saturated heterocycles. The Morgan fingerprint density at radius 1 is 0.724 bits per heavy atom. The first-order valence-electron chi connectivity index (χ1n) is 24.8. The summed E-state index contributed by atoms with van der Waals surface area (Å²) in [4.78, 5) is 124. The predicted octanol–water partition coefficient (Wildman–Crippen LogP) is -0.983. The molecule has 7 amide bonds. The summed E-state index contributed by atoms with van der Waals surface area (Å²) < 4.78 is 5.83. The Bertz CT molecular complexity index is 2510. The maximum Gasteiger partial charge on any atom is 0.329 e. The summed E-state index contributed by atoms with van der Waals surface area (Å²) in [5.41, 5.74) is 1.58. The van der Waals surface area contributed by atoms with E-state index in [0.717, 1.165) is 4.90 Å². The number of aldehydes is 1. The molecule has 76 heavy (non-hydrogen) atoms. The van der Waals surface area contributed by atoms with Gasteiger partial charge in [0.15, 0.2) is 6.10 Å². The van der Waals surface area contributed by atoms with Crippen molar-refractivity contribution in [3.05, 3.63) is 107 Å². The van der Waals surface area contributed by atoms with Crippen molar-refractivity contribution in [1.82, 2.24) is 42.1 Å². The fraction of sp³-hybridized carbons (Fsp3) is 0.453. The molecule has 10 atom stereocenters. The van der Waals surface area contributed by atoms with Crippen LogP contribution in [0.15, 0.2) is 90.6 Å². The van der Waals surface area contributed by atoms with Crippen LogP contribution in [0.25, 0.3) is 0 Å². The van der Waals surface area contributed by atoms with Crippen LogP contribution in [0, 0.1) is 5.92 Å². The lowest BCUT2D eigenvalue weighted by Crippen LogP contribution is -2.61. The van der Waals surface area contributed by atoms with E-state index in [-0.39, 0.29) is 50.0 Å². The molecule has 0 aliphatic carbocycles. The number of nitrogens with zero attached hydrogens (tertiary/aromatic N) is 1. The van der Waals surface area contributed by atoms with Crippen molar-refractivity contribution in [2.75, 3.05) is 13.7 Å². The number of aryl methyl sites for hydroxylation is 1. The smallest absolute Gasteiger partial charge is 0.329 e. The van der Waals surface area contributed by atoms with E-state index >= 15 is 0 Å². The monoisotopic (exact) mass is 1060 g/mol. The molecule has 3 aromatic rings. The van der Waals surface area contributed by atoms with E-state index in [1.165, 1.54) is 51.1 Å². The van der Waals surface area contributed by atoms with Gasteiger partial charge in [-0.15, -0.1) is 0 Å². The maximum absolute atomic E-state index is 14.5. The number of allylic oxidation sites excluding steroid dienone is 1. The third kappa shape index (κ3) is 17.7. The quantitative estimate of drug-likeness (QED) is 0.0248. The van der Waals surface area contributed by atoms with Crippen molar-refractivity contribution in [3.63, 3.8) is 0 Å². The molecule has 0 bridgehead atoms. The van der Waals surface area contributed by atoms with Crippen LogP contribution in [0.2, 0.25) is 0 Å². The highest BCUT2D eigenvalue weighted by Crippen LogP contribution is 2.22. The SMILES string of the molecule is C/C=C(\NC(=O)C(NC(=O)C(CCc1ccc(O)cc1)NC(=O)C(C)NC(=O)C(O)CO)C(C)OC(=O)C(NC(=O)C(Cc1ccc(O)cc1)NC)C(C)C)C(=O)NC1CCC(O)N(C(C=O)Cc2ccccc2)C1=O. The van der Waals surface area contributed by atoms with Crippen LogP contribution < -0.4 is 37.2 Å². The van der Waals surface area contributed by atoms with E-state index in [1.54, 1.807) is 75.5 Å². The zero-order valence-electron chi connectivity index (χ0n) is 43.2. The van der Waals surface area contributed by atoms with Gasteiger partial charge in [-0.3, -0.25) is 33.6 Å². The number of phenolic OH excluding ortho intramolecular Hbond substituents is 2. The number of phenols is 2. The summed E-state index contributed by atoms with van der Waals surface area (Å²) in [6.45, 7) is 6.20. The van der Waals surface area contributed by atoms with E-state index in [2.05, 4.69) is 37.2 Å². The third-order valence-electron chi connectivity index (χ3n) is 12.6. The number of benzene rings is 3. The average molecular weight is 1060 g/mol. The lowest BCUT2D eigenvalue weighted by atomic mass is 9.98. The summed E-state index contributed by atoms with van der Waals surface area (Å²) in [6.07, 6.45) is -2.97. The van der Waals surface area contributed by atoms with Gasteiger partial charge >= 0.3 is 5.97 Å². The number of likely N-dealkylation sites (N-methyl/N-ethyl adjacent to an activating group) is 1. The minimum atomic E-state index is -1.87. The minimum absolute atomic E-state index is 0.0175. The Kier molecular flexibility index (Phi) is 23.5. The lowest BCUT2D eigenvalue weighted by Gasteiger charge is -2.39. The van der Waals surface area contributed by atoms with Crippen LogP contribution in [-0.4, -0.2) is 158 Å². The van der Waals surface area contributed by atoms with Crippen LogP contribution in [-0.2, 0) is 67.2 Å². The van der Waals surface area contributed by atoms with Gasteiger partial charge in [-0.05, 0) is 113 Å². The standard InChI is InChI=1S/C53H70N8O15/c1-7-38(47(69)58-40-23-24-43(67)61(52(40)74)35(27-62)25-33-11-9-8-10-12-33)56-51(73)45(31(5)76-53(75)44(29(2)3)59-49(71)41(54-6)26-34-15-20-37(65)21-16-34)60-48(70)39(22-17-32-13-18-36(64)19-14-32)57-46(68)30(4)55-50(72)42(66)28-63/h7-16,18-21,27,29-31,35,39-45,54,63-67H,17,22-26,28H2,1-6H3,(H,55,72)(H,56,73)(H,57,68)(H,58,69)(H,59,71)(H,60,70)/b38-7-. The summed E-state index contributed by atoms with van der Waals surface area (Å²) in [5, 5.41) is 67.3. The van der Waals surface area contributed by atoms with Crippen molar-refractivity contribution >= 4 is 53.6 Å². The Labute approximate surface area is 440 Å². The van der Waals surface area contributed by atoms with E-state index in [1.807, 2.05) is 0 Å². The van der Waals surface area contributed by atoms with Gasteiger partial charge in [-0.1, -0.05) is 74.5 Å². The Morgan fingerprint density at radius 3 is 1.87 bits per heavy atom. The average Bonchev–Trinajstić information content (AvgIpc) is 3.39. The van der Waals surface area contributed by atoms with Crippen LogP contribution in [0.1, 0.15) is 70.6 Å². The minimum Gasteiger partial charge on any atom is -0.508 e. The van der Waals surface area contributed by atoms with Gasteiger partial charge in [-0.25, -0.2) is 4.79 Å². The highest BCUT2D eigenvalue weighted by atomic mass is 16.5. The molecular formula is C53H70N8O15. The van der Waals surface area contributed by atoms with E-state index in [0.29, 0.717) is 23.0 Å². The Morgan fingerprint density at radius 2 is 1.30 bits per heavy atom. The number of carbonyl (C=O) groups excluding carboxylic acids is 9. The van der Waals surface area contributed by atoms with Gasteiger partial charge in [-0.2, -0.15) is 0 Å². The number of hydrogen-bond donors (Lipinski definition) is 12. The first kappa shape index (κ1) is 60.8. The summed E-state index contributed by atoms with van der Waals surface area (Å²) >= 11 is 0. The van der Waals surface area contributed by atoms with E-state index in [9.17, 15) is 68.7 Å². The number of hydrogen-bond acceptors (Lipinski definition) is 16. The number of aliphatic hydroxyl groups excluding tert-OH is 3. The largest absolute Gasteiger partial charge is 0.508 e. The lowest BCUT2D eigenvalue weighted by molar-refractivity contribution is -0.157. The number of nitrogens with one attached hydrogen (secondary N) is 7. The second-order valence-electron chi connectivity index (χ2n) is 18.7. The molecule has 3 aromatic carbocycles. The highest BCUT2D eigenvalue weighted by molar-refractivity contribution is 6.02. The van der Waals surface area contributed by atoms with Crippen LogP contribution in [0.5, 0.6) is 11.5 Å². The molecule has 0 spiro atoms. The molecule has 1 aliphatic heterocycles. The molecule has 1 heterocycles. The first-order chi connectivity index (χ1) is 36.1. The van der Waals surface area contributed by atoms with Gasteiger partial charge in [0.25, 0.3) is 17.7 Å². The third-order valence-corrected chi connectivity index (χ3v) is 12.6. The van der Waals surface area contributed by atoms with Crippen molar-refractivity contribution in [2.45, 2.75) is 134 Å². The summed E-state index contributed by atoms with van der Waals surface area (Å²) in [7, 11) is 1.54. The fourth-order valence-corrected chi connectivity index (χ4v) is 8.11. The topological polar surface area (TPSA) is 351 Å². The number of ether oxygens (including phenoxy) is 1. The predicted molar refractivity (Wildman–Crippen MR) is 274 cm³/mol. The summed E-state index contributed by atoms with van der Waals surface area (Å²) in [5.74, 6) is -8.17. The normalized spacial score (nSPS) is 17.8. The number of piperidine rings is 1. The van der Waals surface area contributed by atoms with Crippen molar-refractivity contribution < 1.29 is 73.4 Å². The second-order valence-corrected chi connectivity index (χ2v) is 18.7. The Hall–Kier alpha value is -7.73. The fourth-order valence-electron chi connectivity index (χ4n) is 8.11. The molecule has 0 saturated carbocycles. The number of amides is 7. The number of likely N-dealkylation sites (tertiary alicyclic amines) is 1. The van der Waals surface area contributed by atoms with Crippen LogP contribution in [0.4, 0.5) is 0 Å². The zero-order valence-corrected chi connectivity index (χ0v) is 43.2.